The molecule has 5 heteroatoms. The average Bonchev–Trinajstić information content (AvgIpc) is 2.89. The number of ether oxygens (including phenoxy) is 2. The summed E-state index contributed by atoms with van der Waals surface area (Å²) in [5.74, 6) is -0.911. The Morgan fingerprint density at radius 3 is 0.914 bits per heavy atom. The molecule has 176 valence electrons. The quantitative estimate of drug-likeness (QED) is 0.208. The van der Waals surface area contributed by atoms with Crippen molar-refractivity contribution in [2.24, 2.45) is 0 Å². The second kappa shape index (κ2) is 10.6. The van der Waals surface area contributed by atoms with Crippen molar-refractivity contribution in [2.45, 2.75) is 23.7 Å². The molecule has 0 bridgehead atoms. The van der Waals surface area contributed by atoms with Gasteiger partial charge in [-0.05, 0) is 11.8 Å². The van der Waals surface area contributed by atoms with Crippen LogP contribution >= 0.6 is 11.8 Å². The van der Waals surface area contributed by atoms with Crippen molar-refractivity contribution in [2.75, 3.05) is 0 Å². The van der Waals surface area contributed by atoms with E-state index in [1.807, 2.05) is 121 Å². The molecule has 0 radical (unpaired) electrons. The van der Waals surface area contributed by atoms with Crippen LogP contribution in [0.5, 0.6) is 0 Å². The van der Waals surface area contributed by atoms with Crippen LogP contribution in [0.1, 0.15) is 36.1 Å². The Bertz CT molecular complexity index is 1080. The summed E-state index contributed by atoms with van der Waals surface area (Å²) in [6.45, 7) is 2.78. The first kappa shape index (κ1) is 24.3. The molecule has 0 aliphatic carbocycles. The van der Waals surface area contributed by atoms with Gasteiger partial charge < -0.3 is 9.47 Å². The molecule has 4 aromatic carbocycles. The first-order valence-electron chi connectivity index (χ1n) is 11.3. The molecule has 0 N–H and O–H groups in total. The van der Waals surface area contributed by atoms with E-state index in [2.05, 4.69) is 0 Å². The molecule has 4 aromatic rings. The van der Waals surface area contributed by atoms with E-state index in [0.29, 0.717) is 0 Å². The van der Waals surface area contributed by atoms with Crippen molar-refractivity contribution in [3.8, 4) is 0 Å². The first-order valence-corrected chi connectivity index (χ1v) is 12.1. The Labute approximate surface area is 209 Å². The molecule has 0 saturated carbocycles. The van der Waals surface area contributed by atoms with Crippen LogP contribution in [-0.2, 0) is 28.9 Å². The lowest BCUT2D eigenvalue weighted by Gasteiger charge is -2.42. The number of esters is 2. The Morgan fingerprint density at radius 2 is 0.714 bits per heavy atom. The van der Waals surface area contributed by atoms with Gasteiger partial charge in [0.2, 0.25) is 9.87 Å². The predicted octanol–water partition coefficient (Wildman–Crippen LogP) is 6.65. The zero-order chi connectivity index (χ0) is 24.7. The fourth-order valence-electron chi connectivity index (χ4n) is 4.08. The van der Waals surface area contributed by atoms with Gasteiger partial charge in [0.05, 0.1) is 0 Å². The molecule has 35 heavy (non-hydrogen) atoms. The third kappa shape index (κ3) is 5.15. The molecule has 0 amide bonds. The van der Waals surface area contributed by atoms with Crippen LogP contribution in [0.15, 0.2) is 121 Å². The van der Waals surface area contributed by atoms with Crippen LogP contribution in [0, 0.1) is 0 Å². The van der Waals surface area contributed by atoms with Gasteiger partial charge in [0.25, 0.3) is 0 Å². The highest BCUT2D eigenvalue weighted by Gasteiger charge is 2.51. The largest absolute Gasteiger partial charge is 0.439 e. The Balaban J connectivity index is 2.07. The fourth-order valence-corrected chi connectivity index (χ4v) is 5.82. The molecule has 0 atom stereocenters. The minimum Gasteiger partial charge on any atom is -0.439 e. The zero-order valence-corrected chi connectivity index (χ0v) is 20.4. The summed E-state index contributed by atoms with van der Waals surface area (Å²) in [5.41, 5.74) is 2.98. The maximum absolute atomic E-state index is 12.6. The van der Waals surface area contributed by atoms with Crippen molar-refractivity contribution in [3.05, 3.63) is 144 Å². The van der Waals surface area contributed by atoms with Gasteiger partial charge in [-0.1, -0.05) is 121 Å². The number of rotatable bonds is 8. The van der Waals surface area contributed by atoms with Crippen molar-refractivity contribution in [3.63, 3.8) is 0 Å². The monoisotopic (exact) mass is 482 g/mol. The van der Waals surface area contributed by atoms with Gasteiger partial charge in [-0.25, -0.2) is 0 Å². The van der Waals surface area contributed by atoms with Crippen molar-refractivity contribution in [1.29, 1.82) is 0 Å². The smallest absolute Gasteiger partial charge is 0.304 e. The summed E-state index contributed by atoms with van der Waals surface area (Å²) in [7, 11) is 0. The van der Waals surface area contributed by atoms with Gasteiger partial charge in [0.1, 0.15) is 0 Å². The van der Waals surface area contributed by atoms with Gasteiger partial charge in [-0.3, -0.25) is 9.59 Å². The molecule has 0 aromatic heterocycles. The maximum atomic E-state index is 12.6. The second-order valence-electron chi connectivity index (χ2n) is 7.99. The summed E-state index contributed by atoms with van der Waals surface area (Å²) in [4.78, 5) is 22.6. The van der Waals surface area contributed by atoms with E-state index in [9.17, 15) is 9.59 Å². The fraction of sp³-hybridized carbons (Fsp3) is 0.133. The summed E-state index contributed by atoms with van der Waals surface area (Å²) < 4.78 is 12.4. The van der Waals surface area contributed by atoms with Crippen LogP contribution in [0.25, 0.3) is 0 Å². The molecule has 0 aliphatic rings. The molecule has 0 spiro atoms. The van der Waals surface area contributed by atoms with E-state index in [1.165, 1.54) is 25.6 Å². The number of carbonyl (C=O) groups is 2. The van der Waals surface area contributed by atoms with E-state index in [-0.39, 0.29) is 0 Å². The zero-order valence-electron chi connectivity index (χ0n) is 19.6. The molecule has 0 aliphatic heterocycles. The number of thioether (sulfide) groups is 1. The third-order valence-corrected chi connectivity index (χ3v) is 7.16. The normalized spacial score (nSPS) is 11.5. The van der Waals surface area contributed by atoms with Crippen LogP contribution in [0.3, 0.4) is 0 Å². The number of hydrogen-bond donors (Lipinski definition) is 0. The Hall–Kier alpha value is -3.83. The maximum Gasteiger partial charge on any atom is 0.304 e. The Morgan fingerprint density at radius 1 is 0.486 bits per heavy atom. The minimum atomic E-state index is -1.32. The summed E-state index contributed by atoms with van der Waals surface area (Å²) in [6.07, 6.45) is 0. The van der Waals surface area contributed by atoms with Crippen molar-refractivity contribution < 1.29 is 19.1 Å². The highest BCUT2D eigenvalue weighted by molar-refractivity contribution is 8.01. The van der Waals surface area contributed by atoms with Crippen LogP contribution in [0.4, 0.5) is 0 Å². The lowest BCUT2D eigenvalue weighted by Crippen LogP contribution is -2.39. The van der Waals surface area contributed by atoms with E-state index in [0.717, 1.165) is 22.3 Å². The predicted molar refractivity (Wildman–Crippen MR) is 138 cm³/mol. The Kier molecular flexibility index (Phi) is 7.37. The van der Waals surface area contributed by atoms with E-state index >= 15 is 0 Å². The third-order valence-electron chi connectivity index (χ3n) is 5.48. The van der Waals surface area contributed by atoms with Gasteiger partial charge in [0, 0.05) is 36.1 Å². The van der Waals surface area contributed by atoms with Crippen molar-refractivity contribution >= 4 is 23.7 Å². The molecular formula is C30H26O4S. The molecule has 0 unspecified atom stereocenters. The number of benzene rings is 4. The first-order chi connectivity index (χ1) is 17.0. The van der Waals surface area contributed by atoms with E-state index in [1.54, 1.807) is 0 Å². The average molecular weight is 483 g/mol. The topological polar surface area (TPSA) is 52.6 Å². The summed E-state index contributed by atoms with van der Waals surface area (Å²) in [5, 5.41) is 0. The van der Waals surface area contributed by atoms with E-state index in [4.69, 9.17) is 9.47 Å². The lowest BCUT2D eigenvalue weighted by atomic mass is 9.99. The highest BCUT2D eigenvalue weighted by Crippen LogP contribution is 2.57. The summed E-state index contributed by atoms with van der Waals surface area (Å²) >= 11 is 1.27. The summed E-state index contributed by atoms with van der Waals surface area (Å²) in [6, 6.07) is 38.1. The molecular weight excluding hydrogens is 456 g/mol. The highest BCUT2D eigenvalue weighted by atomic mass is 32.2. The minimum absolute atomic E-state index is 0.456. The molecule has 0 fully saturated rings. The van der Waals surface area contributed by atoms with E-state index < -0.39 is 21.8 Å². The molecule has 4 rings (SSSR count). The van der Waals surface area contributed by atoms with Gasteiger partial charge >= 0.3 is 11.9 Å². The van der Waals surface area contributed by atoms with Crippen LogP contribution < -0.4 is 0 Å². The van der Waals surface area contributed by atoms with Crippen molar-refractivity contribution in [1.82, 2.24) is 0 Å². The molecule has 4 nitrogen and oxygen atoms in total. The van der Waals surface area contributed by atoms with Gasteiger partial charge in [0.15, 0.2) is 0 Å². The standard InChI is InChI=1S/C30H26O4S/c1-23(31)33-29(25-15-7-3-8-16-25,26-17-9-4-10-18-26)35-30(34-24(2)32,27-19-11-5-12-20-27)28-21-13-6-14-22-28/h3-22H,1-2H3. The number of carbonyl (C=O) groups excluding carboxylic acids is 2. The number of hydrogen-bond acceptors (Lipinski definition) is 5. The molecule has 0 saturated heterocycles. The second-order valence-corrected chi connectivity index (χ2v) is 9.34. The van der Waals surface area contributed by atoms with Gasteiger partial charge in [-0.15, -0.1) is 0 Å². The van der Waals surface area contributed by atoms with Crippen LogP contribution in [0.2, 0.25) is 0 Å². The van der Waals surface area contributed by atoms with Crippen LogP contribution in [-0.4, -0.2) is 11.9 Å². The van der Waals surface area contributed by atoms with Gasteiger partial charge in [-0.2, -0.15) is 0 Å². The SMILES string of the molecule is CC(=O)OC(SC(OC(C)=O)(c1ccccc1)c1ccccc1)(c1ccccc1)c1ccccc1. The molecule has 0 heterocycles. The lowest BCUT2D eigenvalue weighted by molar-refractivity contribution is -0.148.